The van der Waals surface area contributed by atoms with Gasteiger partial charge in [0.2, 0.25) is 0 Å². The van der Waals surface area contributed by atoms with Crippen LogP contribution in [0.5, 0.6) is 0 Å². The Bertz CT molecular complexity index is 1150. The first-order valence-corrected chi connectivity index (χ1v) is 10.5. The summed E-state index contributed by atoms with van der Waals surface area (Å²) in [5.41, 5.74) is 2.68. The highest BCUT2D eigenvalue weighted by Gasteiger charge is 2.24. The topological polar surface area (TPSA) is 54.6 Å². The summed E-state index contributed by atoms with van der Waals surface area (Å²) in [6.45, 7) is 2.07. The van der Waals surface area contributed by atoms with Gasteiger partial charge >= 0.3 is 0 Å². The number of halogens is 2. The summed E-state index contributed by atoms with van der Waals surface area (Å²) in [6, 6.07) is 16.6. The Morgan fingerprint density at radius 3 is 2.79 bits per heavy atom. The fourth-order valence-electron chi connectivity index (χ4n) is 2.90. The van der Waals surface area contributed by atoms with Gasteiger partial charge in [-0.3, -0.25) is 4.79 Å². The van der Waals surface area contributed by atoms with Gasteiger partial charge in [0.05, 0.1) is 15.6 Å². The van der Waals surface area contributed by atoms with Crippen LogP contribution in [0.4, 0.5) is 5.69 Å². The van der Waals surface area contributed by atoms with Crippen LogP contribution >= 0.6 is 35.0 Å². The van der Waals surface area contributed by atoms with Gasteiger partial charge in [-0.25, -0.2) is 4.99 Å². The lowest BCUT2D eigenvalue weighted by Crippen LogP contribution is -2.19. The van der Waals surface area contributed by atoms with E-state index in [0.717, 1.165) is 17.7 Å². The van der Waals surface area contributed by atoms with Crippen molar-refractivity contribution in [3.63, 3.8) is 0 Å². The van der Waals surface area contributed by atoms with Crippen LogP contribution in [0.2, 0.25) is 10.0 Å². The molecule has 2 aromatic carbocycles. The summed E-state index contributed by atoms with van der Waals surface area (Å²) < 4.78 is 5.85. The highest BCUT2D eigenvalue weighted by Crippen LogP contribution is 2.34. The van der Waals surface area contributed by atoms with E-state index in [-0.39, 0.29) is 5.91 Å². The Labute approximate surface area is 182 Å². The maximum atomic E-state index is 12.3. The quantitative estimate of drug-likeness (QED) is 0.456. The number of amides is 1. The third-order valence-corrected chi connectivity index (χ3v) is 5.81. The minimum atomic E-state index is -0.207. The van der Waals surface area contributed by atoms with Crippen LogP contribution in [0, 0.1) is 0 Å². The molecule has 1 fully saturated rings. The predicted molar refractivity (Wildman–Crippen MR) is 121 cm³/mol. The van der Waals surface area contributed by atoms with Gasteiger partial charge in [0.15, 0.2) is 5.17 Å². The number of rotatable bonds is 4. The van der Waals surface area contributed by atoms with Crippen molar-refractivity contribution in [3.05, 3.63) is 80.9 Å². The summed E-state index contributed by atoms with van der Waals surface area (Å²) in [6.07, 6.45) is 2.56. The molecule has 0 bridgehead atoms. The Morgan fingerprint density at radius 2 is 1.97 bits per heavy atom. The average Bonchev–Trinajstić information content (AvgIpc) is 3.31. The van der Waals surface area contributed by atoms with Crippen molar-refractivity contribution in [3.8, 4) is 11.3 Å². The second kappa shape index (κ2) is 8.49. The van der Waals surface area contributed by atoms with E-state index in [0.29, 0.717) is 37.2 Å². The molecule has 1 N–H and O–H groups in total. The zero-order chi connectivity index (χ0) is 20.4. The first-order chi connectivity index (χ1) is 14.0. The minimum absolute atomic E-state index is 0.207. The van der Waals surface area contributed by atoms with Gasteiger partial charge in [0.1, 0.15) is 11.5 Å². The van der Waals surface area contributed by atoms with E-state index in [1.165, 1.54) is 11.8 Å². The molecule has 0 atom stereocenters. The van der Waals surface area contributed by atoms with Crippen LogP contribution in [-0.2, 0) is 11.2 Å². The Morgan fingerprint density at radius 1 is 1.14 bits per heavy atom. The minimum Gasteiger partial charge on any atom is -0.457 e. The van der Waals surface area contributed by atoms with Crippen molar-refractivity contribution >= 4 is 57.8 Å². The van der Waals surface area contributed by atoms with E-state index in [9.17, 15) is 4.79 Å². The van der Waals surface area contributed by atoms with Crippen molar-refractivity contribution < 1.29 is 9.21 Å². The maximum absolute atomic E-state index is 12.3. The lowest BCUT2D eigenvalue weighted by atomic mass is 10.1. The predicted octanol–water partition coefficient (Wildman–Crippen LogP) is 6.71. The van der Waals surface area contributed by atoms with E-state index in [1.54, 1.807) is 36.4 Å². The second-order valence-corrected chi connectivity index (χ2v) is 8.16. The lowest BCUT2D eigenvalue weighted by molar-refractivity contribution is -0.115. The Kier molecular flexibility index (Phi) is 5.81. The molecule has 29 heavy (non-hydrogen) atoms. The molecule has 1 aromatic heterocycles. The second-order valence-electron chi connectivity index (χ2n) is 6.29. The van der Waals surface area contributed by atoms with Crippen LogP contribution in [0.3, 0.4) is 0 Å². The van der Waals surface area contributed by atoms with E-state index in [1.807, 2.05) is 24.3 Å². The first-order valence-electron chi connectivity index (χ1n) is 8.96. The number of hydrogen-bond donors (Lipinski definition) is 1. The molecule has 2 heterocycles. The normalized spacial score (nSPS) is 16.6. The standard InChI is InChI=1S/C22H16Cl2N2O2S/c1-2-13-5-3-4-6-18(13)25-22-26-21(27)20(29-22)12-15-8-10-19(28-15)16-11-14(23)7-9-17(16)24/h3-12H,2H2,1H3,(H,25,26,27)/b20-12+. The Balaban J connectivity index is 1.58. The number of carbonyl (C=O) groups is 1. The smallest absolute Gasteiger partial charge is 0.264 e. The summed E-state index contributed by atoms with van der Waals surface area (Å²) in [4.78, 5) is 17.4. The highest BCUT2D eigenvalue weighted by molar-refractivity contribution is 8.18. The first kappa shape index (κ1) is 19.8. The summed E-state index contributed by atoms with van der Waals surface area (Å²) in [7, 11) is 0. The molecule has 4 nitrogen and oxygen atoms in total. The summed E-state index contributed by atoms with van der Waals surface area (Å²) in [5.74, 6) is 0.920. The molecule has 0 radical (unpaired) electrons. The van der Waals surface area contributed by atoms with Gasteiger partial charge in [-0.1, -0.05) is 48.3 Å². The fraction of sp³-hybridized carbons (Fsp3) is 0.0909. The molecular weight excluding hydrogens is 427 g/mol. The SMILES string of the molecule is CCc1ccccc1N=C1NC(=O)/C(=C\c2ccc(-c3cc(Cl)ccc3Cl)o2)S1. The molecule has 1 aliphatic heterocycles. The number of benzene rings is 2. The molecule has 1 amide bonds. The molecule has 4 rings (SSSR count). The third-order valence-electron chi connectivity index (χ3n) is 4.34. The largest absolute Gasteiger partial charge is 0.457 e. The number of nitrogens with zero attached hydrogens (tertiary/aromatic N) is 1. The zero-order valence-corrected chi connectivity index (χ0v) is 17.7. The van der Waals surface area contributed by atoms with Crippen molar-refractivity contribution in [1.29, 1.82) is 0 Å². The maximum Gasteiger partial charge on any atom is 0.264 e. The molecule has 3 aromatic rings. The van der Waals surface area contributed by atoms with Crippen LogP contribution in [0.15, 0.2) is 68.9 Å². The Hall–Kier alpha value is -2.47. The molecular formula is C22H16Cl2N2O2S. The summed E-state index contributed by atoms with van der Waals surface area (Å²) >= 11 is 13.6. The number of hydrogen-bond acceptors (Lipinski definition) is 4. The van der Waals surface area contributed by atoms with E-state index in [2.05, 4.69) is 17.2 Å². The molecule has 0 aliphatic carbocycles. The van der Waals surface area contributed by atoms with Crippen molar-refractivity contribution in [2.75, 3.05) is 0 Å². The third kappa shape index (κ3) is 4.42. The van der Waals surface area contributed by atoms with Gasteiger partial charge in [-0.15, -0.1) is 0 Å². The number of amidine groups is 1. The van der Waals surface area contributed by atoms with Gasteiger partial charge in [-0.2, -0.15) is 0 Å². The number of furan rings is 1. The van der Waals surface area contributed by atoms with Gasteiger partial charge < -0.3 is 9.73 Å². The lowest BCUT2D eigenvalue weighted by Gasteiger charge is -2.02. The van der Waals surface area contributed by atoms with Gasteiger partial charge in [0, 0.05) is 16.7 Å². The monoisotopic (exact) mass is 442 g/mol. The van der Waals surface area contributed by atoms with Crippen molar-refractivity contribution in [2.24, 2.45) is 4.99 Å². The molecule has 0 spiro atoms. The van der Waals surface area contributed by atoms with Gasteiger partial charge in [0.25, 0.3) is 5.91 Å². The number of aryl methyl sites for hydroxylation is 1. The summed E-state index contributed by atoms with van der Waals surface area (Å²) in [5, 5.41) is 4.46. The van der Waals surface area contributed by atoms with Crippen molar-refractivity contribution in [2.45, 2.75) is 13.3 Å². The number of nitrogens with one attached hydrogen (secondary N) is 1. The molecule has 7 heteroatoms. The number of carbonyl (C=O) groups excluding carboxylic acids is 1. The molecule has 1 saturated heterocycles. The van der Waals surface area contributed by atoms with Crippen molar-refractivity contribution in [1.82, 2.24) is 5.32 Å². The molecule has 0 saturated carbocycles. The fourth-order valence-corrected chi connectivity index (χ4v) is 4.10. The van der Waals surface area contributed by atoms with Crippen LogP contribution in [0.1, 0.15) is 18.2 Å². The van der Waals surface area contributed by atoms with Gasteiger partial charge in [-0.05, 0) is 60.1 Å². The van der Waals surface area contributed by atoms with E-state index in [4.69, 9.17) is 27.6 Å². The molecule has 0 unspecified atom stereocenters. The van der Waals surface area contributed by atoms with Crippen LogP contribution in [-0.4, -0.2) is 11.1 Å². The van der Waals surface area contributed by atoms with E-state index < -0.39 is 0 Å². The molecule has 1 aliphatic rings. The molecule has 146 valence electrons. The van der Waals surface area contributed by atoms with E-state index >= 15 is 0 Å². The number of aliphatic imine (C=N–C) groups is 1. The van der Waals surface area contributed by atoms with Crippen LogP contribution < -0.4 is 5.32 Å². The van der Waals surface area contributed by atoms with Crippen LogP contribution in [0.25, 0.3) is 17.4 Å². The number of thioether (sulfide) groups is 1. The number of para-hydroxylation sites is 1. The average molecular weight is 443 g/mol. The zero-order valence-electron chi connectivity index (χ0n) is 15.4. The highest BCUT2D eigenvalue weighted by atomic mass is 35.5.